The molecule has 0 aliphatic carbocycles. The van der Waals surface area contributed by atoms with Gasteiger partial charge in [-0.3, -0.25) is 0 Å². The van der Waals surface area contributed by atoms with Crippen molar-refractivity contribution in [3.8, 4) is 17.2 Å². The van der Waals surface area contributed by atoms with Gasteiger partial charge in [0, 0.05) is 74.9 Å². The lowest BCUT2D eigenvalue weighted by atomic mass is 9.99. The van der Waals surface area contributed by atoms with Gasteiger partial charge in [0.25, 0.3) is 0 Å². The smallest absolute Gasteiger partial charge is 0.135 e. The highest BCUT2D eigenvalue weighted by atomic mass is 16.5. The maximum atomic E-state index is 5.97. The van der Waals surface area contributed by atoms with Crippen molar-refractivity contribution in [1.82, 2.24) is 30.9 Å². The van der Waals surface area contributed by atoms with Crippen molar-refractivity contribution in [2.24, 2.45) is 0 Å². The zero-order valence-electron chi connectivity index (χ0n) is 21.2. The van der Waals surface area contributed by atoms with Crippen LogP contribution in [0.3, 0.4) is 0 Å². The van der Waals surface area contributed by atoms with E-state index in [1.54, 1.807) is 21.3 Å². The van der Waals surface area contributed by atoms with E-state index in [9.17, 15) is 0 Å². The van der Waals surface area contributed by atoms with Gasteiger partial charge in [0.05, 0.1) is 38.0 Å². The molecule has 0 atom stereocenters. The van der Waals surface area contributed by atoms with E-state index in [0.717, 1.165) is 51.0 Å². The monoisotopic (exact) mass is 492 g/mol. The van der Waals surface area contributed by atoms with Crippen molar-refractivity contribution in [3.05, 3.63) is 88.8 Å². The highest BCUT2D eigenvalue weighted by molar-refractivity contribution is 5.63. The Hall–Kier alpha value is -3.66. The summed E-state index contributed by atoms with van der Waals surface area (Å²) in [7, 11) is 5.08. The molecule has 36 heavy (non-hydrogen) atoms. The molecule has 0 aliphatic rings. The third-order valence-corrected chi connectivity index (χ3v) is 6.10. The average Bonchev–Trinajstić information content (AvgIpc) is 3.68. The molecule has 0 spiro atoms. The molecule has 0 bridgehead atoms. The topological polar surface area (TPSA) is 111 Å². The van der Waals surface area contributed by atoms with Crippen molar-refractivity contribution < 1.29 is 14.2 Å². The van der Waals surface area contributed by atoms with Crippen molar-refractivity contribution in [1.29, 1.82) is 0 Å². The molecule has 3 heterocycles. The second-order valence-electron chi connectivity index (χ2n) is 8.43. The summed E-state index contributed by atoms with van der Waals surface area (Å²) in [5, 5.41) is 10.6. The summed E-state index contributed by atoms with van der Waals surface area (Å²) in [6.07, 6.45) is 5.77. The van der Waals surface area contributed by atoms with Gasteiger partial charge >= 0.3 is 0 Å². The second kappa shape index (κ2) is 12.9. The van der Waals surface area contributed by atoms with Gasteiger partial charge in [-0.15, -0.1) is 0 Å². The fourth-order valence-electron chi connectivity index (χ4n) is 4.48. The quantitative estimate of drug-likeness (QED) is 0.151. The average molecular weight is 493 g/mol. The van der Waals surface area contributed by atoms with E-state index in [1.807, 2.05) is 36.8 Å². The van der Waals surface area contributed by atoms with Crippen LogP contribution in [-0.2, 0) is 39.3 Å². The van der Waals surface area contributed by atoms with Gasteiger partial charge in [0.2, 0.25) is 0 Å². The van der Waals surface area contributed by atoms with Crippen LogP contribution < -0.4 is 30.2 Å². The van der Waals surface area contributed by atoms with Crippen LogP contribution in [-0.4, -0.2) is 36.3 Å². The summed E-state index contributed by atoms with van der Waals surface area (Å²) in [6.45, 7) is 3.82. The Morgan fingerprint density at radius 2 is 0.806 bits per heavy atom. The first kappa shape index (κ1) is 25.4. The summed E-state index contributed by atoms with van der Waals surface area (Å²) in [6, 6.07) is 12.2. The fourth-order valence-corrected chi connectivity index (χ4v) is 4.48. The van der Waals surface area contributed by atoms with Crippen molar-refractivity contribution in [3.63, 3.8) is 0 Å². The molecular weight excluding hydrogens is 456 g/mol. The first-order chi connectivity index (χ1) is 17.7. The SMILES string of the molecule is COc1c(CNCc2ccc[nH]2)c(OC)c(CNCc2ccc[nH]2)c(OC)c1CNCc1ccc[nH]1. The molecule has 0 saturated heterocycles. The van der Waals surface area contributed by atoms with Gasteiger partial charge < -0.3 is 45.1 Å². The predicted octanol–water partition coefficient (Wildman–Crippen LogP) is 3.57. The molecule has 1 aromatic carbocycles. The van der Waals surface area contributed by atoms with Gasteiger partial charge in [0.15, 0.2) is 0 Å². The third kappa shape index (κ3) is 6.12. The van der Waals surface area contributed by atoms with Gasteiger partial charge in [-0.2, -0.15) is 0 Å². The van der Waals surface area contributed by atoms with Crippen LogP contribution in [0.2, 0.25) is 0 Å². The van der Waals surface area contributed by atoms with Gasteiger partial charge in [0.1, 0.15) is 17.2 Å². The minimum Gasteiger partial charge on any atom is -0.496 e. The van der Waals surface area contributed by atoms with Crippen LogP contribution in [0.15, 0.2) is 55.0 Å². The number of benzene rings is 1. The Balaban J connectivity index is 1.64. The van der Waals surface area contributed by atoms with E-state index in [0.29, 0.717) is 39.3 Å². The highest BCUT2D eigenvalue weighted by Gasteiger charge is 2.26. The summed E-state index contributed by atoms with van der Waals surface area (Å²) in [4.78, 5) is 9.70. The Labute approximate surface area is 212 Å². The Morgan fingerprint density at radius 1 is 0.500 bits per heavy atom. The van der Waals surface area contributed by atoms with Crippen LogP contribution in [0.25, 0.3) is 0 Å². The lowest BCUT2D eigenvalue weighted by Crippen LogP contribution is -2.21. The first-order valence-corrected chi connectivity index (χ1v) is 12.1. The standard InChI is InChI=1S/C27H36N6O3/c1-34-25-22(16-28-13-19-7-4-10-31-19)26(35-2)24(18-30-15-21-9-6-12-33-21)27(36-3)23(25)17-29-14-20-8-5-11-32-20/h4-12,28-33H,13-18H2,1-3H3. The van der Waals surface area contributed by atoms with Gasteiger partial charge in [-0.05, 0) is 36.4 Å². The largest absolute Gasteiger partial charge is 0.496 e. The van der Waals surface area contributed by atoms with E-state index in [1.165, 1.54) is 0 Å². The number of methoxy groups -OCH3 is 3. The maximum absolute atomic E-state index is 5.97. The number of aromatic amines is 3. The molecule has 0 radical (unpaired) electrons. The number of H-pyrrole nitrogens is 3. The molecule has 3 aromatic heterocycles. The molecule has 192 valence electrons. The molecule has 9 heteroatoms. The van der Waals surface area contributed by atoms with Gasteiger partial charge in [-0.25, -0.2) is 0 Å². The van der Waals surface area contributed by atoms with Crippen LogP contribution in [0, 0.1) is 0 Å². The summed E-state index contributed by atoms with van der Waals surface area (Å²) < 4.78 is 17.9. The molecule has 0 unspecified atom stereocenters. The minimum atomic E-state index is 0.572. The molecule has 6 N–H and O–H groups in total. The minimum absolute atomic E-state index is 0.572. The van der Waals surface area contributed by atoms with Gasteiger partial charge in [-0.1, -0.05) is 0 Å². The van der Waals surface area contributed by atoms with Crippen molar-refractivity contribution >= 4 is 0 Å². The summed E-state index contributed by atoms with van der Waals surface area (Å²) in [5.41, 5.74) is 6.22. The molecule has 0 saturated carbocycles. The van der Waals surface area contributed by atoms with E-state index >= 15 is 0 Å². The Kier molecular flexibility index (Phi) is 9.09. The molecular formula is C27H36N6O3. The Morgan fingerprint density at radius 3 is 1.03 bits per heavy atom. The van der Waals surface area contributed by atoms with E-state index in [4.69, 9.17) is 14.2 Å². The van der Waals surface area contributed by atoms with Crippen molar-refractivity contribution in [2.75, 3.05) is 21.3 Å². The van der Waals surface area contributed by atoms with Crippen LogP contribution in [0.1, 0.15) is 33.8 Å². The van der Waals surface area contributed by atoms with E-state index in [2.05, 4.69) is 49.1 Å². The number of hydrogen-bond acceptors (Lipinski definition) is 6. The number of nitrogens with one attached hydrogen (secondary N) is 6. The summed E-state index contributed by atoms with van der Waals surface area (Å²) >= 11 is 0. The zero-order chi connectivity index (χ0) is 25.2. The lowest BCUT2D eigenvalue weighted by molar-refractivity contribution is 0.350. The fraction of sp³-hybridized carbons (Fsp3) is 0.333. The van der Waals surface area contributed by atoms with Crippen LogP contribution in [0.4, 0.5) is 0 Å². The number of hydrogen-bond donors (Lipinski definition) is 6. The van der Waals surface area contributed by atoms with E-state index in [-0.39, 0.29) is 0 Å². The van der Waals surface area contributed by atoms with Crippen molar-refractivity contribution in [2.45, 2.75) is 39.3 Å². The Bertz CT molecular complexity index is 1000. The third-order valence-electron chi connectivity index (χ3n) is 6.10. The van der Waals surface area contributed by atoms with E-state index < -0.39 is 0 Å². The molecule has 0 aliphatic heterocycles. The molecule has 9 nitrogen and oxygen atoms in total. The molecule has 0 fully saturated rings. The van der Waals surface area contributed by atoms with Crippen LogP contribution >= 0.6 is 0 Å². The number of aromatic nitrogens is 3. The number of rotatable bonds is 15. The first-order valence-electron chi connectivity index (χ1n) is 12.1. The normalized spacial score (nSPS) is 11.1. The highest BCUT2D eigenvalue weighted by Crippen LogP contribution is 2.44. The molecule has 4 aromatic rings. The zero-order valence-corrected chi connectivity index (χ0v) is 21.2. The van der Waals surface area contributed by atoms with Crippen LogP contribution in [0.5, 0.6) is 17.2 Å². The predicted molar refractivity (Wildman–Crippen MR) is 140 cm³/mol. The summed E-state index contributed by atoms with van der Waals surface area (Å²) in [5.74, 6) is 2.28. The molecule has 0 amide bonds. The second-order valence-corrected chi connectivity index (χ2v) is 8.43. The molecule has 4 rings (SSSR count). The number of ether oxygens (including phenoxy) is 3. The maximum Gasteiger partial charge on any atom is 0.135 e. The lowest BCUT2D eigenvalue weighted by Gasteiger charge is -2.25.